The Morgan fingerprint density at radius 1 is 0.692 bits per heavy atom. The van der Waals surface area contributed by atoms with Crippen LogP contribution in [0.2, 0.25) is 0 Å². The molecule has 52 heavy (non-hydrogen) atoms. The number of phosphoric acid groups is 1. The molecule has 1 unspecified atom stereocenters. The fourth-order valence-electron chi connectivity index (χ4n) is 4.78. The molecule has 0 aliphatic heterocycles. The third kappa shape index (κ3) is 33.7. The van der Waals surface area contributed by atoms with Crippen LogP contribution < -0.4 is 0 Å². The van der Waals surface area contributed by atoms with Gasteiger partial charge < -0.3 is 34.8 Å². The lowest BCUT2D eigenvalue weighted by atomic mass is 10.0. The molecule has 0 amide bonds. The third-order valence-corrected chi connectivity index (χ3v) is 8.81. The number of aliphatic hydroxyl groups excluding tert-OH is 4. The second-order valence-electron chi connectivity index (χ2n) is 13.5. The molecular formula is C39H69O12P. The molecule has 0 aliphatic carbocycles. The van der Waals surface area contributed by atoms with Crippen molar-refractivity contribution >= 4 is 19.8 Å². The number of carbonyl (C=O) groups is 2. The molecule has 0 spiro atoms. The lowest BCUT2D eigenvalue weighted by Crippen LogP contribution is -2.30. The summed E-state index contributed by atoms with van der Waals surface area (Å²) in [5.41, 5.74) is 0. The lowest BCUT2D eigenvalue weighted by Gasteiger charge is -2.20. The first-order valence-corrected chi connectivity index (χ1v) is 20.7. The minimum absolute atomic E-state index is 0.0771. The highest BCUT2D eigenvalue weighted by molar-refractivity contribution is 7.47. The molecule has 13 heteroatoms. The second kappa shape index (κ2) is 33.4. The van der Waals surface area contributed by atoms with Crippen LogP contribution in [0.4, 0.5) is 0 Å². The van der Waals surface area contributed by atoms with Gasteiger partial charge in [-0.3, -0.25) is 18.6 Å². The fourth-order valence-corrected chi connectivity index (χ4v) is 5.57. The normalized spacial score (nSPS) is 15.9. The van der Waals surface area contributed by atoms with Crippen LogP contribution >= 0.6 is 7.82 Å². The van der Waals surface area contributed by atoms with E-state index in [4.69, 9.17) is 19.1 Å². The maximum Gasteiger partial charge on any atom is 0.472 e. The molecule has 0 radical (unpaired) electrons. The Morgan fingerprint density at radius 3 is 1.96 bits per heavy atom. The van der Waals surface area contributed by atoms with E-state index in [-0.39, 0.29) is 25.7 Å². The van der Waals surface area contributed by atoms with E-state index < -0.39 is 70.6 Å². The third-order valence-electron chi connectivity index (χ3n) is 7.85. The largest absolute Gasteiger partial charge is 0.472 e. The van der Waals surface area contributed by atoms with Gasteiger partial charge in [-0.1, -0.05) is 127 Å². The zero-order valence-electron chi connectivity index (χ0n) is 31.9. The number of hydrogen-bond donors (Lipinski definition) is 5. The van der Waals surface area contributed by atoms with Crippen LogP contribution in [0.15, 0.2) is 48.6 Å². The number of rotatable bonds is 34. The van der Waals surface area contributed by atoms with Gasteiger partial charge in [0.1, 0.15) is 12.7 Å². The molecule has 302 valence electrons. The highest BCUT2D eigenvalue weighted by Crippen LogP contribution is 2.43. The predicted octanol–water partition coefficient (Wildman–Crippen LogP) is 7.18. The number of phosphoric ester groups is 1. The zero-order chi connectivity index (χ0) is 38.9. The smallest absolute Gasteiger partial charge is 0.462 e. The van der Waals surface area contributed by atoms with E-state index in [0.29, 0.717) is 12.8 Å². The zero-order valence-corrected chi connectivity index (χ0v) is 32.8. The molecule has 0 fully saturated rings. The van der Waals surface area contributed by atoms with E-state index in [1.165, 1.54) is 38.5 Å². The highest BCUT2D eigenvalue weighted by atomic mass is 31.2. The summed E-state index contributed by atoms with van der Waals surface area (Å²) in [6.07, 6.45) is 24.6. The van der Waals surface area contributed by atoms with E-state index in [0.717, 1.165) is 38.0 Å². The van der Waals surface area contributed by atoms with Crippen LogP contribution in [0.25, 0.3) is 0 Å². The van der Waals surface area contributed by atoms with E-state index in [2.05, 4.69) is 31.4 Å². The number of aliphatic hydroxyl groups is 4. The van der Waals surface area contributed by atoms with Crippen molar-refractivity contribution in [3.8, 4) is 0 Å². The first kappa shape index (κ1) is 49.9. The van der Waals surface area contributed by atoms with Crippen molar-refractivity contribution in [1.82, 2.24) is 0 Å². The molecule has 5 N–H and O–H groups in total. The average Bonchev–Trinajstić information content (AvgIpc) is 3.10. The summed E-state index contributed by atoms with van der Waals surface area (Å²) in [7, 11) is -4.68. The molecule has 0 aromatic rings. The summed E-state index contributed by atoms with van der Waals surface area (Å²) in [5, 5.41) is 38.5. The molecule has 0 aliphatic rings. The minimum Gasteiger partial charge on any atom is -0.462 e. The Kier molecular flexibility index (Phi) is 32.0. The molecule has 0 aromatic carbocycles. The molecular weight excluding hydrogens is 691 g/mol. The van der Waals surface area contributed by atoms with Crippen molar-refractivity contribution in [2.75, 3.05) is 26.4 Å². The number of carbonyl (C=O) groups excluding carboxylic acids is 2. The molecule has 0 saturated carbocycles. The fraction of sp³-hybridized carbons (Fsp3) is 0.744. The minimum atomic E-state index is -4.68. The van der Waals surface area contributed by atoms with E-state index in [1.807, 2.05) is 6.08 Å². The van der Waals surface area contributed by atoms with E-state index in [1.54, 1.807) is 36.5 Å². The summed E-state index contributed by atoms with van der Waals surface area (Å²) in [6, 6.07) is 0. The number of hydrogen-bond acceptors (Lipinski definition) is 11. The first-order chi connectivity index (χ1) is 24.9. The number of allylic oxidation sites excluding steroid dienone is 5. The van der Waals surface area contributed by atoms with E-state index >= 15 is 0 Å². The molecule has 0 rings (SSSR count). The van der Waals surface area contributed by atoms with Crippen LogP contribution in [0.3, 0.4) is 0 Å². The highest BCUT2D eigenvalue weighted by Gasteiger charge is 2.27. The molecule has 0 saturated heterocycles. The summed E-state index contributed by atoms with van der Waals surface area (Å²) >= 11 is 0. The van der Waals surface area contributed by atoms with Crippen molar-refractivity contribution in [2.45, 2.75) is 154 Å². The molecule has 0 heterocycles. The maximum absolute atomic E-state index is 12.6. The topological polar surface area (TPSA) is 189 Å². The Bertz CT molecular complexity index is 1060. The van der Waals surface area contributed by atoms with Gasteiger partial charge in [0, 0.05) is 12.8 Å². The van der Waals surface area contributed by atoms with Crippen molar-refractivity contribution in [3.05, 3.63) is 48.6 Å². The molecule has 12 nitrogen and oxygen atoms in total. The standard InChI is InChI=1S/C39H69O12P/c1-4-5-6-7-12-17-23-34(41)24-18-14-15-19-25-35(42)26-21-28-39(45)51-37(32-50-52(46,47)49-30-36(43)29-40)31-48-38(44)27-20-13-10-8-9-11-16-22-33(2)3/h12,14-15,17-19,24-25,33-37,40-43H,4-11,13,16,20-23,26-32H2,1-3H3,(H,46,47)/b15-14+,17-12-,24-18+,25-19-/t34-,35-,36-,37+/m0/s1. The maximum atomic E-state index is 12.6. The predicted molar refractivity (Wildman–Crippen MR) is 203 cm³/mol. The Hall–Kier alpha value is -2.15. The lowest BCUT2D eigenvalue weighted by molar-refractivity contribution is -0.161. The van der Waals surface area contributed by atoms with Crippen LogP contribution in [0.1, 0.15) is 130 Å². The van der Waals surface area contributed by atoms with Crippen LogP contribution in [-0.4, -0.2) is 88.1 Å². The van der Waals surface area contributed by atoms with Gasteiger partial charge in [0.25, 0.3) is 0 Å². The van der Waals surface area contributed by atoms with Crippen molar-refractivity contribution in [1.29, 1.82) is 0 Å². The van der Waals surface area contributed by atoms with Crippen molar-refractivity contribution < 1.29 is 58.0 Å². The van der Waals surface area contributed by atoms with Gasteiger partial charge in [0.05, 0.1) is 32.0 Å². The summed E-state index contributed by atoms with van der Waals surface area (Å²) < 4.78 is 32.4. The van der Waals surface area contributed by atoms with Gasteiger partial charge >= 0.3 is 19.8 Å². The van der Waals surface area contributed by atoms with E-state index in [9.17, 15) is 34.4 Å². The van der Waals surface area contributed by atoms with Crippen LogP contribution in [0, 0.1) is 5.92 Å². The quantitative estimate of drug-likeness (QED) is 0.0146. The second-order valence-corrected chi connectivity index (χ2v) is 14.9. The number of ether oxygens (including phenoxy) is 2. The first-order valence-electron chi connectivity index (χ1n) is 19.2. The summed E-state index contributed by atoms with van der Waals surface area (Å²) in [5.74, 6) is -0.450. The van der Waals surface area contributed by atoms with Gasteiger partial charge in [0.2, 0.25) is 0 Å². The Morgan fingerprint density at radius 2 is 1.31 bits per heavy atom. The number of esters is 2. The van der Waals surface area contributed by atoms with Crippen molar-refractivity contribution in [2.24, 2.45) is 5.92 Å². The number of unbranched alkanes of at least 4 members (excludes halogenated alkanes) is 9. The van der Waals surface area contributed by atoms with Gasteiger partial charge in [-0.2, -0.15) is 0 Å². The average molecular weight is 761 g/mol. The molecule has 0 bridgehead atoms. The summed E-state index contributed by atoms with van der Waals surface area (Å²) in [4.78, 5) is 34.8. The monoisotopic (exact) mass is 760 g/mol. The van der Waals surface area contributed by atoms with Crippen molar-refractivity contribution in [3.63, 3.8) is 0 Å². The molecule has 0 aromatic heterocycles. The SMILES string of the molecule is CCCCC/C=C\C[C@H](O)/C=C/C=C/C=C\[C@H](O)CCCC(=O)O[C@H](COC(=O)CCCCCCCCCC(C)C)COP(=O)(O)OC[C@@H](O)CO. The van der Waals surface area contributed by atoms with Crippen LogP contribution in [0.5, 0.6) is 0 Å². The van der Waals surface area contributed by atoms with Gasteiger partial charge in [-0.05, 0) is 44.4 Å². The Balaban J connectivity index is 4.67. The summed E-state index contributed by atoms with van der Waals surface area (Å²) in [6.45, 7) is 4.24. The van der Waals surface area contributed by atoms with Gasteiger partial charge in [-0.15, -0.1) is 0 Å². The van der Waals surface area contributed by atoms with Crippen LogP contribution in [-0.2, 0) is 32.7 Å². The Labute approximate surface area is 312 Å². The molecule has 5 atom stereocenters. The van der Waals surface area contributed by atoms with Gasteiger partial charge in [-0.25, -0.2) is 4.57 Å². The van der Waals surface area contributed by atoms with Gasteiger partial charge in [0.15, 0.2) is 6.10 Å².